The van der Waals surface area contributed by atoms with E-state index in [0.717, 1.165) is 11.1 Å². The van der Waals surface area contributed by atoms with Crippen molar-refractivity contribution < 1.29 is 9.90 Å². The highest BCUT2D eigenvalue weighted by Crippen LogP contribution is 2.31. The standard InChI is InChI=1S/C24H20N2O3/c1-26-19-14-8-11-17(15-16-9-4-2-5-10-16)20(19)22(27)21(24(26)29)23(28)25-18-12-6-3-7-13-18/h2-14,27H,15H2,1H3,(H,25,28). The molecule has 0 bridgehead atoms. The summed E-state index contributed by atoms with van der Waals surface area (Å²) >= 11 is 0. The summed E-state index contributed by atoms with van der Waals surface area (Å²) in [4.78, 5) is 25.7. The van der Waals surface area contributed by atoms with Crippen LogP contribution in [-0.2, 0) is 13.5 Å². The molecule has 4 aromatic rings. The maximum Gasteiger partial charge on any atom is 0.267 e. The Balaban J connectivity index is 1.86. The average Bonchev–Trinajstić information content (AvgIpc) is 2.73. The molecule has 0 aliphatic carbocycles. The maximum absolute atomic E-state index is 12.8. The molecule has 3 aromatic carbocycles. The number of aromatic hydroxyl groups is 1. The number of fused-ring (bicyclic) bond motifs is 1. The van der Waals surface area contributed by atoms with E-state index in [2.05, 4.69) is 5.32 Å². The van der Waals surface area contributed by atoms with Crippen molar-refractivity contribution in [2.24, 2.45) is 7.05 Å². The van der Waals surface area contributed by atoms with Gasteiger partial charge in [-0.3, -0.25) is 9.59 Å². The van der Waals surface area contributed by atoms with Gasteiger partial charge in [0.05, 0.1) is 5.52 Å². The van der Waals surface area contributed by atoms with E-state index in [0.29, 0.717) is 23.0 Å². The molecule has 144 valence electrons. The van der Waals surface area contributed by atoms with Gasteiger partial charge in [0.25, 0.3) is 11.5 Å². The summed E-state index contributed by atoms with van der Waals surface area (Å²) in [6.07, 6.45) is 0.573. The second kappa shape index (κ2) is 7.64. The van der Waals surface area contributed by atoms with Crippen LogP contribution in [0.25, 0.3) is 10.9 Å². The zero-order valence-corrected chi connectivity index (χ0v) is 15.9. The van der Waals surface area contributed by atoms with Gasteiger partial charge in [0.15, 0.2) is 0 Å². The van der Waals surface area contributed by atoms with Crippen LogP contribution in [0.4, 0.5) is 5.69 Å². The third-order valence-electron chi connectivity index (χ3n) is 4.98. The maximum atomic E-state index is 12.8. The minimum absolute atomic E-state index is 0.260. The van der Waals surface area contributed by atoms with Crippen LogP contribution < -0.4 is 10.9 Å². The number of amides is 1. The van der Waals surface area contributed by atoms with Crippen molar-refractivity contribution >= 4 is 22.5 Å². The van der Waals surface area contributed by atoms with Crippen LogP contribution in [0.2, 0.25) is 0 Å². The summed E-state index contributed by atoms with van der Waals surface area (Å²) in [5.74, 6) is -0.922. The molecule has 4 rings (SSSR count). The Morgan fingerprint density at radius 1 is 0.931 bits per heavy atom. The van der Waals surface area contributed by atoms with E-state index < -0.39 is 11.5 Å². The second-order valence-corrected chi connectivity index (χ2v) is 6.88. The van der Waals surface area contributed by atoms with E-state index in [1.807, 2.05) is 48.5 Å². The molecule has 29 heavy (non-hydrogen) atoms. The Morgan fingerprint density at radius 2 is 1.59 bits per heavy atom. The van der Waals surface area contributed by atoms with E-state index in [1.165, 1.54) is 4.57 Å². The van der Waals surface area contributed by atoms with Gasteiger partial charge in [-0.15, -0.1) is 0 Å². The van der Waals surface area contributed by atoms with Crippen molar-refractivity contribution in [2.75, 3.05) is 5.32 Å². The average molecular weight is 384 g/mol. The first-order chi connectivity index (χ1) is 14.1. The minimum atomic E-state index is -0.634. The smallest absolute Gasteiger partial charge is 0.267 e. The molecule has 1 heterocycles. The predicted octanol–water partition coefficient (Wildman–Crippen LogP) is 4.09. The van der Waals surface area contributed by atoms with Gasteiger partial charge in [-0.2, -0.15) is 0 Å². The van der Waals surface area contributed by atoms with Gasteiger partial charge in [0.1, 0.15) is 11.3 Å². The Kier molecular flexibility index (Phi) is 4.87. The number of nitrogens with zero attached hydrogens (tertiary/aromatic N) is 1. The zero-order valence-electron chi connectivity index (χ0n) is 15.9. The zero-order chi connectivity index (χ0) is 20.4. The van der Waals surface area contributed by atoms with Crippen molar-refractivity contribution in [1.29, 1.82) is 0 Å². The summed E-state index contributed by atoms with van der Waals surface area (Å²) < 4.78 is 1.41. The van der Waals surface area contributed by atoms with Crippen LogP contribution in [0, 0.1) is 0 Å². The van der Waals surface area contributed by atoms with Gasteiger partial charge >= 0.3 is 0 Å². The quantitative estimate of drug-likeness (QED) is 0.557. The molecule has 0 saturated carbocycles. The molecule has 0 unspecified atom stereocenters. The summed E-state index contributed by atoms with van der Waals surface area (Å²) in [5.41, 5.74) is 2.25. The fraction of sp³-hybridized carbons (Fsp3) is 0.0833. The van der Waals surface area contributed by atoms with Crippen LogP contribution in [-0.4, -0.2) is 15.6 Å². The molecule has 1 aromatic heterocycles. The lowest BCUT2D eigenvalue weighted by Gasteiger charge is -2.15. The number of carbonyl (C=O) groups excluding carboxylic acids is 1. The molecular weight excluding hydrogens is 364 g/mol. The van der Waals surface area contributed by atoms with Crippen LogP contribution in [0.3, 0.4) is 0 Å². The Labute approximate surface area is 167 Å². The largest absolute Gasteiger partial charge is 0.506 e. The van der Waals surface area contributed by atoms with E-state index in [4.69, 9.17) is 0 Å². The van der Waals surface area contributed by atoms with Crippen LogP contribution in [0.1, 0.15) is 21.5 Å². The Morgan fingerprint density at radius 3 is 2.28 bits per heavy atom. The third kappa shape index (κ3) is 3.50. The number of pyridine rings is 1. The first kappa shape index (κ1) is 18.5. The number of carbonyl (C=O) groups is 1. The molecule has 0 aliphatic rings. The molecule has 0 aliphatic heterocycles. The molecule has 2 N–H and O–H groups in total. The second-order valence-electron chi connectivity index (χ2n) is 6.88. The van der Waals surface area contributed by atoms with Gasteiger partial charge in [-0.05, 0) is 35.7 Å². The van der Waals surface area contributed by atoms with Gasteiger partial charge in [0.2, 0.25) is 0 Å². The highest BCUT2D eigenvalue weighted by atomic mass is 16.3. The number of hydrogen-bond donors (Lipinski definition) is 2. The van der Waals surface area contributed by atoms with Crippen molar-refractivity contribution in [3.63, 3.8) is 0 Å². The number of aromatic nitrogens is 1. The van der Waals surface area contributed by atoms with Crippen molar-refractivity contribution in [2.45, 2.75) is 6.42 Å². The summed E-state index contributed by atoms with van der Waals surface area (Å²) in [5, 5.41) is 14.2. The number of hydrogen-bond acceptors (Lipinski definition) is 3. The van der Waals surface area contributed by atoms with Gasteiger partial charge in [-0.25, -0.2) is 0 Å². The number of anilines is 1. The molecule has 0 fully saturated rings. The summed E-state index contributed by atoms with van der Waals surface area (Å²) in [6, 6.07) is 24.2. The Hall–Kier alpha value is -3.86. The number of aryl methyl sites for hydroxylation is 1. The first-order valence-corrected chi connectivity index (χ1v) is 9.30. The Bertz CT molecular complexity index is 1250. The van der Waals surface area contributed by atoms with Crippen molar-refractivity contribution in [3.05, 3.63) is 106 Å². The molecule has 0 saturated heterocycles. The highest BCUT2D eigenvalue weighted by molar-refractivity contribution is 6.09. The molecule has 1 amide bonds. The molecule has 0 atom stereocenters. The minimum Gasteiger partial charge on any atom is -0.506 e. The number of para-hydroxylation sites is 1. The fourth-order valence-electron chi connectivity index (χ4n) is 3.53. The van der Waals surface area contributed by atoms with Gasteiger partial charge in [0, 0.05) is 18.1 Å². The van der Waals surface area contributed by atoms with Crippen LogP contribution in [0.15, 0.2) is 83.7 Å². The molecule has 5 heteroatoms. The summed E-state index contributed by atoms with van der Waals surface area (Å²) in [6.45, 7) is 0. The molecule has 0 spiro atoms. The monoisotopic (exact) mass is 384 g/mol. The molecular formula is C24H20N2O3. The summed E-state index contributed by atoms with van der Waals surface area (Å²) in [7, 11) is 1.61. The third-order valence-corrected chi connectivity index (χ3v) is 4.98. The molecule has 5 nitrogen and oxygen atoms in total. The van der Waals surface area contributed by atoms with Gasteiger partial charge in [-0.1, -0.05) is 60.7 Å². The lowest BCUT2D eigenvalue weighted by molar-refractivity contribution is 0.102. The number of nitrogens with one attached hydrogen (secondary N) is 1. The van der Waals surface area contributed by atoms with E-state index in [-0.39, 0.29) is 11.3 Å². The lowest BCUT2D eigenvalue weighted by Crippen LogP contribution is -2.28. The topological polar surface area (TPSA) is 71.3 Å². The van der Waals surface area contributed by atoms with Crippen molar-refractivity contribution in [3.8, 4) is 5.75 Å². The normalized spacial score (nSPS) is 10.8. The fourth-order valence-corrected chi connectivity index (χ4v) is 3.53. The first-order valence-electron chi connectivity index (χ1n) is 9.30. The molecule has 0 radical (unpaired) electrons. The highest BCUT2D eigenvalue weighted by Gasteiger charge is 2.23. The lowest BCUT2D eigenvalue weighted by atomic mass is 9.98. The van der Waals surface area contributed by atoms with Crippen LogP contribution in [0.5, 0.6) is 5.75 Å². The predicted molar refractivity (Wildman–Crippen MR) is 114 cm³/mol. The number of benzene rings is 3. The van der Waals surface area contributed by atoms with E-state index in [9.17, 15) is 14.7 Å². The van der Waals surface area contributed by atoms with E-state index in [1.54, 1.807) is 37.4 Å². The van der Waals surface area contributed by atoms with Crippen LogP contribution >= 0.6 is 0 Å². The number of rotatable bonds is 4. The van der Waals surface area contributed by atoms with E-state index >= 15 is 0 Å². The SMILES string of the molecule is Cn1c(=O)c(C(=O)Nc2ccccc2)c(O)c2c(Cc3ccccc3)cccc21. The van der Waals surface area contributed by atoms with Gasteiger partial charge < -0.3 is 15.0 Å². The van der Waals surface area contributed by atoms with Crippen molar-refractivity contribution in [1.82, 2.24) is 4.57 Å².